The van der Waals surface area contributed by atoms with Crippen LogP contribution in [0.15, 0.2) is 65.8 Å². The van der Waals surface area contributed by atoms with Crippen molar-refractivity contribution in [2.45, 2.75) is 123 Å². The third-order valence-corrected chi connectivity index (χ3v) is 14.5. The Morgan fingerprint density at radius 2 is 1.46 bits per heavy atom. The summed E-state index contributed by atoms with van der Waals surface area (Å²) in [4.78, 5) is 21.9. The number of aryl methyl sites for hydroxylation is 4. The van der Waals surface area contributed by atoms with Crippen LogP contribution >= 0.6 is 0 Å². The van der Waals surface area contributed by atoms with Gasteiger partial charge in [-0.3, -0.25) is 14.8 Å². The van der Waals surface area contributed by atoms with Crippen LogP contribution in [0.2, 0.25) is 0 Å². The van der Waals surface area contributed by atoms with Crippen molar-refractivity contribution < 1.29 is 9.90 Å². The fraction of sp³-hybridized carbons (Fsp3) is 0.568. The molecule has 0 saturated heterocycles. The van der Waals surface area contributed by atoms with Gasteiger partial charge in [0, 0.05) is 23.7 Å². The summed E-state index contributed by atoms with van der Waals surface area (Å²) in [7, 11) is 0. The zero-order chi connectivity index (χ0) is 33.2. The molecule has 0 radical (unpaired) electrons. The minimum absolute atomic E-state index is 0.299. The van der Waals surface area contributed by atoms with Gasteiger partial charge in [0.15, 0.2) is 0 Å². The monoisotopic (exact) mass is 642 g/mol. The van der Waals surface area contributed by atoms with Gasteiger partial charge in [0.2, 0.25) is 0 Å². The zero-order valence-corrected chi connectivity index (χ0v) is 29.6. The summed E-state index contributed by atoms with van der Waals surface area (Å²) < 4.78 is 0. The molecular formula is C44H54N2O2. The second-order valence-corrected chi connectivity index (χ2v) is 16.8. The van der Waals surface area contributed by atoms with E-state index in [1.54, 1.807) is 11.1 Å². The molecule has 0 unspecified atom stereocenters. The Balaban J connectivity index is 0.000000145. The number of aliphatic imine (C=N–C) groups is 1. The van der Waals surface area contributed by atoms with Crippen LogP contribution in [-0.4, -0.2) is 27.7 Å². The van der Waals surface area contributed by atoms with E-state index in [0.29, 0.717) is 35.4 Å². The lowest BCUT2D eigenvalue weighted by Gasteiger charge is -2.50. The number of carbonyl (C=O) groups is 1. The molecule has 48 heavy (non-hydrogen) atoms. The SMILES string of the molecule is Cc1ccc2c(c1)CC[C@@H]1[C@@H]2CC[C@]2(C)C(=NCc3ccccn3)CC[C@@H]12.Cc1ccc2c(c1)CC[C@@H]1[C@@H]2C[C@@H](O)[C@]2(C)C(=O)CC[C@@H]12. The standard InChI is InChI=1S/C25H30N2.C19H24O2/c1-17-6-8-20-18(15-17)7-9-22-21(20)12-13-25(2)23(22)10-11-24(25)27-16-19-5-3-4-14-26-19;1-11-3-5-13-12(9-11)4-6-14-15(13)10-18(21)19(2)16(14)7-8-17(19)20/h3-6,8,14-15,21-23H,7,9-13,16H2,1-2H3;3,5,9,14-16,18,21H,4,6-8,10H2,1-2H3/t21-,22-,23+,25+;14-,15-,16+,18-,19+/m11/s1. The maximum absolute atomic E-state index is 12.3. The molecule has 0 spiro atoms. The molecule has 1 heterocycles. The lowest BCUT2D eigenvalue weighted by Crippen LogP contribution is -2.51. The largest absolute Gasteiger partial charge is 0.392 e. The summed E-state index contributed by atoms with van der Waals surface area (Å²) >= 11 is 0. The molecule has 0 aliphatic heterocycles. The van der Waals surface area contributed by atoms with Gasteiger partial charge in [-0.2, -0.15) is 0 Å². The number of rotatable bonds is 2. The minimum Gasteiger partial charge on any atom is -0.392 e. The number of Topliss-reactive ketones (excluding diaryl/α,β-unsaturated/α-hetero) is 1. The molecule has 252 valence electrons. The third-order valence-electron chi connectivity index (χ3n) is 14.5. The zero-order valence-electron chi connectivity index (χ0n) is 29.6. The number of benzene rings is 2. The van der Waals surface area contributed by atoms with E-state index in [2.05, 4.69) is 74.3 Å². The molecule has 9 rings (SSSR count). The van der Waals surface area contributed by atoms with E-state index in [4.69, 9.17) is 4.99 Å². The van der Waals surface area contributed by atoms with Crippen LogP contribution in [0.5, 0.6) is 0 Å². The molecule has 1 N–H and O–H groups in total. The average Bonchev–Trinajstić information content (AvgIpc) is 3.60. The van der Waals surface area contributed by atoms with E-state index in [9.17, 15) is 9.90 Å². The number of hydrogen-bond acceptors (Lipinski definition) is 4. The Bertz CT molecular complexity index is 1730. The van der Waals surface area contributed by atoms with Gasteiger partial charge in [-0.25, -0.2) is 0 Å². The molecule has 4 nitrogen and oxygen atoms in total. The molecule has 4 fully saturated rings. The number of aliphatic hydroxyl groups excluding tert-OH is 1. The Labute approximate surface area is 287 Å². The molecule has 2 aromatic carbocycles. The van der Waals surface area contributed by atoms with Crippen molar-refractivity contribution in [2.75, 3.05) is 0 Å². The number of ketones is 1. The van der Waals surface area contributed by atoms with Crippen LogP contribution in [0.25, 0.3) is 0 Å². The number of aromatic nitrogens is 1. The van der Waals surface area contributed by atoms with Gasteiger partial charge in [0.1, 0.15) is 5.78 Å². The summed E-state index contributed by atoms with van der Waals surface area (Å²) in [6.45, 7) is 9.66. The maximum Gasteiger partial charge on any atom is 0.141 e. The second kappa shape index (κ2) is 12.3. The highest BCUT2D eigenvalue weighted by Crippen LogP contribution is 2.61. The van der Waals surface area contributed by atoms with E-state index < -0.39 is 11.5 Å². The number of hydrogen-bond donors (Lipinski definition) is 1. The van der Waals surface area contributed by atoms with E-state index >= 15 is 0 Å². The normalized spacial score (nSPS) is 36.9. The van der Waals surface area contributed by atoms with Crippen molar-refractivity contribution in [3.05, 3.63) is 99.9 Å². The molecule has 0 bridgehead atoms. The first-order valence-corrected chi connectivity index (χ1v) is 19.0. The molecule has 0 amide bonds. The molecule has 1 aromatic heterocycles. The first kappa shape index (κ1) is 32.1. The number of fused-ring (bicyclic) bond motifs is 10. The lowest BCUT2D eigenvalue weighted by molar-refractivity contribution is -0.140. The van der Waals surface area contributed by atoms with Gasteiger partial charge in [-0.15, -0.1) is 0 Å². The van der Waals surface area contributed by atoms with E-state index in [0.717, 1.165) is 49.3 Å². The topological polar surface area (TPSA) is 62.6 Å². The average molecular weight is 643 g/mol. The summed E-state index contributed by atoms with van der Waals surface area (Å²) in [5, 5.41) is 10.7. The summed E-state index contributed by atoms with van der Waals surface area (Å²) in [5.74, 6) is 4.16. The molecular weight excluding hydrogens is 588 g/mol. The predicted molar refractivity (Wildman–Crippen MR) is 193 cm³/mol. The molecule has 9 atom stereocenters. The fourth-order valence-electron chi connectivity index (χ4n) is 11.9. The first-order valence-electron chi connectivity index (χ1n) is 19.0. The highest BCUT2D eigenvalue weighted by atomic mass is 16.3. The van der Waals surface area contributed by atoms with Crippen LogP contribution in [0.4, 0.5) is 0 Å². The molecule has 6 aliphatic rings. The van der Waals surface area contributed by atoms with Gasteiger partial charge in [0.05, 0.1) is 23.8 Å². The van der Waals surface area contributed by atoms with Gasteiger partial charge >= 0.3 is 0 Å². The summed E-state index contributed by atoms with van der Waals surface area (Å²) in [5.41, 5.74) is 11.4. The Hall–Kier alpha value is -3.11. The number of carbonyl (C=O) groups excluding carboxylic acids is 1. The van der Waals surface area contributed by atoms with Crippen molar-refractivity contribution in [3.8, 4) is 0 Å². The first-order chi connectivity index (χ1) is 23.2. The minimum atomic E-state index is -0.469. The number of nitrogens with zero attached hydrogens (tertiary/aromatic N) is 2. The van der Waals surface area contributed by atoms with Gasteiger partial charge in [0.25, 0.3) is 0 Å². The van der Waals surface area contributed by atoms with E-state index in [1.807, 2.05) is 19.2 Å². The molecule has 4 saturated carbocycles. The van der Waals surface area contributed by atoms with E-state index in [1.165, 1.54) is 72.9 Å². The van der Waals surface area contributed by atoms with Crippen LogP contribution in [0.1, 0.15) is 123 Å². The summed E-state index contributed by atoms with van der Waals surface area (Å²) in [6, 6.07) is 20.1. The number of aliphatic hydroxyl groups is 1. The van der Waals surface area contributed by atoms with Crippen molar-refractivity contribution in [1.29, 1.82) is 0 Å². The maximum atomic E-state index is 12.3. The van der Waals surface area contributed by atoms with E-state index in [-0.39, 0.29) is 0 Å². The fourth-order valence-corrected chi connectivity index (χ4v) is 11.9. The Morgan fingerprint density at radius 1 is 0.792 bits per heavy atom. The van der Waals surface area contributed by atoms with Gasteiger partial charge in [-0.1, -0.05) is 60.5 Å². The highest BCUT2D eigenvalue weighted by molar-refractivity contribution is 5.92. The Morgan fingerprint density at radius 3 is 2.15 bits per heavy atom. The van der Waals surface area contributed by atoms with Crippen molar-refractivity contribution in [1.82, 2.24) is 4.98 Å². The molecule has 4 heteroatoms. The Kier molecular flexibility index (Phi) is 8.26. The van der Waals surface area contributed by atoms with Gasteiger partial charge in [-0.05, 0) is 155 Å². The second-order valence-electron chi connectivity index (χ2n) is 16.8. The number of pyridine rings is 1. The van der Waals surface area contributed by atoms with Crippen LogP contribution < -0.4 is 0 Å². The molecule has 6 aliphatic carbocycles. The third kappa shape index (κ3) is 5.24. The highest BCUT2D eigenvalue weighted by Gasteiger charge is 2.59. The smallest absolute Gasteiger partial charge is 0.141 e. The molecule has 3 aromatic rings. The van der Waals surface area contributed by atoms with Crippen LogP contribution in [-0.2, 0) is 24.2 Å². The van der Waals surface area contributed by atoms with Gasteiger partial charge < -0.3 is 5.11 Å². The predicted octanol–water partition coefficient (Wildman–Crippen LogP) is 9.28. The van der Waals surface area contributed by atoms with Crippen molar-refractivity contribution in [2.24, 2.45) is 39.5 Å². The summed E-state index contributed by atoms with van der Waals surface area (Å²) in [6.07, 6.45) is 13.9. The van der Waals surface area contributed by atoms with Crippen molar-refractivity contribution >= 4 is 11.5 Å². The van der Waals surface area contributed by atoms with Crippen LogP contribution in [0, 0.1) is 48.3 Å². The van der Waals surface area contributed by atoms with Crippen LogP contribution in [0.3, 0.4) is 0 Å². The quantitative estimate of drug-likeness (QED) is 0.303. The lowest BCUT2D eigenvalue weighted by atomic mass is 9.54. The van der Waals surface area contributed by atoms with Crippen molar-refractivity contribution in [3.63, 3.8) is 0 Å².